The molecule has 1 aromatic heterocycles. The normalized spacial score (nSPS) is 30.5. The van der Waals surface area contributed by atoms with Crippen molar-refractivity contribution in [3.63, 3.8) is 0 Å². The molecular formula is C16H25N3O3. The number of carbonyl (C=O) groups is 1. The molecule has 0 bridgehead atoms. The maximum absolute atomic E-state index is 12.8. The topological polar surface area (TPSA) is 76.4 Å². The molecule has 1 aromatic rings. The van der Waals surface area contributed by atoms with Gasteiger partial charge in [-0.2, -0.15) is 5.10 Å². The van der Waals surface area contributed by atoms with Crippen LogP contribution in [0.2, 0.25) is 0 Å². The van der Waals surface area contributed by atoms with E-state index in [9.17, 15) is 9.90 Å². The van der Waals surface area contributed by atoms with Gasteiger partial charge in [0.25, 0.3) is 0 Å². The molecule has 1 amide bonds. The summed E-state index contributed by atoms with van der Waals surface area (Å²) in [7, 11) is 1.66. The third kappa shape index (κ3) is 2.77. The van der Waals surface area contributed by atoms with Crippen LogP contribution < -0.4 is 5.32 Å². The average Bonchev–Trinajstić information content (AvgIpc) is 3.01. The van der Waals surface area contributed by atoms with Crippen LogP contribution >= 0.6 is 0 Å². The Kier molecular flexibility index (Phi) is 4.49. The van der Waals surface area contributed by atoms with Crippen molar-refractivity contribution in [3.8, 4) is 0 Å². The van der Waals surface area contributed by atoms with Gasteiger partial charge in [0, 0.05) is 19.5 Å². The van der Waals surface area contributed by atoms with E-state index in [0.717, 1.165) is 25.7 Å². The summed E-state index contributed by atoms with van der Waals surface area (Å²) in [5, 5.41) is 17.3. The van der Waals surface area contributed by atoms with Crippen LogP contribution in [0.1, 0.15) is 44.6 Å². The molecule has 2 aliphatic carbocycles. The summed E-state index contributed by atoms with van der Waals surface area (Å²) in [6, 6.07) is 1.61. The number of methoxy groups -OCH3 is 1. The molecule has 0 radical (unpaired) electrons. The van der Waals surface area contributed by atoms with Gasteiger partial charge >= 0.3 is 0 Å². The summed E-state index contributed by atoms with van der Waals surface area (Å²) in [6.07, 6.45) is 8.77. The van der Waals surface area contributed by atoms with Crippen molar-refractivity contribution in [2.75, 3.05) is 13.7 Å². The monoisotopic (exact) mass is 307 g/mol. The first-order chi connectivity index (χ1) is 10.7. The predicted molar refractivity (Wildman–Crippen MR) is 81.2 cm³/mol. The molecule has 6 nitrogen and oxygen atoms in total. The van der Waals surface area contributed by atoms with Crippen LogP contribution in [0.5, 0.6) is 0 Å². The van der Waals surface area contributed by atoms with E-state index in [-0.39, 0.29) is 18.0 Å². The lowest BCUT2D eigenvalue weighted by molar-refractivity contribution is -0.140. The molecule has 2 N–H and O–H groups in total. The lowest BCUT2D eigenvalue weighted by atomic mass is 9.73. The van der Waals surface area contributed by atoms with E-state index in [1.54, 1.807) is 18.0 Å². The number of rotatable bonds is 5. The third-order valence-corrected chi connectivity index (χ3v) is 5.16. The Hall–Kier alpha value is -1.40. The fourth-order valence-electron chi connectivity index (χ4n) is 3.84. The zero-order chi connectivity index (χ0) is 15.6. The summed E-state index contributed by atoms with van der Waals surface area (Å²) in [5.41, 5.74) is -0.401. The molecule has 2 aliphatic rings. The van der Waals surface area contributed by atoms with Gasteiger partial charge in [-0.1, -0.05) is 19.3 Å². The molecule has 6 heteroatoms. The van der Waals surface area contributed by atoms with Crippen LogP contribution in [-0.2, 0) is 9.53 Å². The van der Waals surface area contributed by atoms with Crippen molar-refractivity contribution in [1.29, 1.82) is 0 Å². The maximum Gasteiger partial charge on any atom is 0.228 e. The van der Waals surface area contributed by atoms with Gasteiger partial charge in [-0.3, -0.25) is 9.48 Å². The van der Waals surface area contributed by atoms with Gasteiger partial charge < -0.3 is 15.2 Å². The number of amides is 1. The zero-order valence-electron chi connectivity index (χ0n) is 13.1. The van der Waals surface area contributed by atoms with Crippen LogP contribution in [0, 0.1) is 5.41 Å². The van der Waals surface area contributed by atoms with Crippen LogP contribution in [0.4, 0.5) is 0 Å². The first-order valence-corrected chi connectivity index (χ1v) is 8.13. The second-order valence-electron chi connectivity index (χ2n) is 6.63. The minimum atomic E-state index is -0.449. The molecule has 2 fully saturated rings. The number of hydrogen-bond acceptors (Lipinski definition) is 4. The lowest BCUT2D eigenvalue weighted by Crippen LogP contribution is -2.59. The van der Waals surface area contributed by atoms with Crippen molar-refractivity contribution in [2.24, 2.45) is 5.41 Å². The van der Waals surface area contributed by atoms with E-state index in [1.165, 1.54) is 6.42 Å². The van der Waals surface area contributed by atoms with Crippen molar-refractivity contribution < 1.29 is 14.6 Å². The number of aliphatic hydroxyl groups is 1. The molecule has 0 unspecified atom stereocenters. The highest BCUT2D eigenvalue weighted by Gasteiger charge is 2.46. The van der Waals surface area contributed by atoms with E-state index in [0.29, 0.717) is 13.0 Å². The van der Waals surface area contributed by atoms with Crippen LogP contribution in [0.25, 0.3) is 0 Å². The Morgan fingerprint density at radius 3 is 2.82 bits per heavy atom. The van der Waals surface area contributed by atoms with Crippen LogP contribution in [-0.4, -0.2) is 46.7 Å². The third-order valence-electron chi connectivity index (χ3n) is 5.16. The summed E-state index contributed by atoms with van der Waals surface area (Å²) in [6.45, 7) is 0.473. The minimum Gasteiger partial charge on any atom is -0.391 e. The summed E-state index contributed by atoms with van der Waals surface area (Å²) >= 11 is 0. The van der Waals surface area contributed by atoms with Gasteiger partial charge in [0.05, 0.1) is 30.2 Å². The number of nitrogens with zero attached hydrogens (tertiary/aromatic N) is 2. The molecule has 0 spiro atoms. The van der Waals surface area contributed by atoms with Gasteiger partial charge in [-0.05, 0) is 25.3 Å². The number of carbonyl (C=O) groups excluding carboxylic acids is 1. The summed E-state index contributed by atoms with van der Waals surface area (Å²) in [5.74, 6) is 0.0723. The molecule has 0 aromatic carbocycles. The van der Waals surface area contributed by atoms with Crippen molar-refractivity contribution >= 4 is 5.91 Å². The predicted octanol–water partition coefficient (Wildman–Crippen LogP) is 1.27. The number of ether oxygens (including phenoxy) is 1. The number of aromatic nitrogens is 2. The van der Waals surface area contributed by atoms with E-state index < -0.39 is 11.5 Å². The first kappa shape index (κ1) is 15.5. The molecule has 0 aliphatic heterocycles. The maximum atomic E-state index is 12.8. The van der Waals surface area contributed by atoms with Crippen molar-refractivity contribution in [1.82, 2.24) is 15.1 Å². The molecule has 1 heterocycles. The number of nitrogens with one attached hydrogen (secondary N) is 1. The zero-order valence-corrected chi connectivity index (χ0v) is 13.1. The van der Waals surface area contributed by atoms with Crippen molar-refractivity contribution in [3.05, 3.63) is 18.5 Å². The summed E-state index contributed by atoms with van der Waals surface area (Å²) in [4.78, 5) is 12.8. The van der Waals surface area contributed by atoms with Gasteiger partial charge in [0.15, 0.2) is 0 Å². The van der Waals surface area contributed by atoms with E-state index in [2.05, 4.69) is 10.4 Å². The van der Waals surface area contributed by atoms with E-state index in [4.69, 9.17) is 4.74 Å². The standard InChI is InChI=1S/C16H25N3O3/c1-22-11-16(6-3-2-4-7-16)15(21)18-12-10-13(20)14(12)19-9-5-8-17-19/h5,8-9,12-14,20H,2-4,6-7,10-11H2,1H3,(H,18,21)/t12-,13+,14+/m1/s1. The molecule has 2 saturated carbocycles. The molecular weight excluding hydrogens is 282 g/mol. The quantitative estimate of drug-likeness (QED) is 0.859. The number of hydrogen-bond donors (Lipinski definition) is 2. The molecule has 22 heavy (non-hydrogen) atoms. The Morgan fingerprint density at radius 2 is 2.23 bits per heavy atom. The molecule has 0 saturated heterocycles. The minimum absolute atomic E-state index is 0.0574. The first-order valence-electron chi connectivity index (χ1n) is 8.13. The van der Waals surface area contributed by atoms with Crippen molar-refractivity contribution in [2.45, 2.75) is 56.7 Å². The van der Waals surface area contributed by atoms with Gasteiger partial charge in [-0.15, -0.1) is 0 Å². The fourth-order valence-corrected chi connectivity index (χ4v) is 3.84. The molecule has 3 rings (SSSR count). The van der Waals surface area contributed by atoms with Gasteiger partial charge in [0.1, 0.15) is 0 Å². The highest BCUT2D eigenvalue weighted by atomic mass is 16.5. The fraction of sp³-hybridized carbons (Fsp3) is 0.750. The Labute approximate surface area is 130 Å². The average molecular weight is 307 g/mol. The smallest absolute Gasteiger partial charge is 0.228 e. The highest BCUT2D eigenvalue weighted by molar-refractivity contribution is 5.83. The SMILES string of the molecule is COCC1(C(=O)N[C@@H]2C[C@H](O)[C@H]2n2cccn2)CCCCC1. The Morgan fingerprint density at radius 1 is 1.45 bits per heavy atom. The number of aliphatic hydroxyl groups excluding tert-OH is 1. The van der Waals surface area contributed by atoms with E-state index >= 15 is 0 Å². The molecule has 122 valence electrons. The Bertz CT molecular complexity index is 491. The highest BCUT2D eigenvalue weighted by Crippen LogP contribution is 2.39. The lowest BCUT2D eigenvalue weighted by Gasteiger charge is -2.44. The van der Waals surface area contributed by atoms with Gasteiger partial charge in [0.2, 0.25) is 5.91 Å². The molecule has 3 atom stereocenters. The second kappa shape index (κ2) is 6.38. The summed E-state index contributed by atoms with van der Waals surface area (Å²) < 4.78 is 7.07. The second-order valence-corrected chi connectivity index (χ2v) is 6.63. The van der Waals surface area contributed by atoms with Gasteiger partial charge in [-0.25, -0.2) is 0 Å². The Balaban J connectivity index is 1.67. The van der Waals surface area contributed by atoms with E-state index in [1.807, 2.05) is 12.3 Å². The largest absolute Gasteiger partial charge is 0.391 e. The van der Waals surface area contributed by atoms with Crippen LogP contribution in [0.3, 0.4) is 0 Å². The van der Waals surface area contributed by atoms with Crippen LogP contribution in [0.15, 0.2) is 18.5 Å².